The van der Waals surface area contributed by atoms with Gasteiger partial charge in [-0.1, -0.05) is 6.07 Å². The monoisotopic (exact) mass is 246 g/mol. The first kappa shape index (κ1) is 12.7. The second kappa shape index (κ2) is 5.28. The van der Waals surface area contributed by atoms with Crippen molar-refractivity contribution in [2.24, 2.45) is 11.1 Å². The quantitative estimate of drug-likeness (QED) is 0.835. The van der Waals surface area contributed by atoms with Crippen LogP contribution in [-0.4, -0.2) is 13.7 Å². The van der Waals surface area contributed by atoms with Gasteiger partial charge < -0.3 is 15.2 Å². The third-order valence-electron chi connectivity index (χ3n) is 3.41. The Morgan fingerprint density at radius 1 is 1.39 bits per heavy atom. The Labute approximate surface area is 107 Å². The summed E-state index contributed by atoms with van der Waals surface area (Å²) in [5.41, 5.74) is 6.69. The molecule has 18 heavy (non-hydrogen) atoms. The minimum Gasteiger partial charge on any atom is -0.493 e. The van der Waals surface area contributed by atoms with Crippen LogP contribution < -0.4 is 15.2 Å². The molecule has 0 radical (unpaired) electrons. The Kier molecular flexibility index (Phi) is 3.73. The van der Waals surface area contributed by atoms with Gasteiger partial charge in [-0.15, -0.1) is 0 Å². The molecule has 0 bridgehead atoms. The minimum absolute atomic E-state index is 0.0679. The van der Waals surface area contributed by atoms with E-state index in [1.807, 2.05) is 18.2 Å². The molecule has 1 aliphatic rings. The average molecular weight is 246 g/mol. The van der Waals surface area contributed by atoms with Crippen LogP contribution in [0.4, 0.5) is 0 Å². The Balaban J connectivity index is 2.06. The molecule has 1 saturated carbocycles. The van der Waals surface area contributed by atoms with Gasteiger partial charge in [0.1, 0.15) is 0 Å². The molecule has 0 aliphatic heterocycles. The van der Waals surface area contributed by atoms with Crippen molar-refractivity contribution in [3.05, 3.63) is 23.8 Å². The van der Waals surface area contributed by atoms with Crippen molar-refractivity contribution < 1.29 is 9.47 Å². The highest BCUT2D eigenvalue weighted by Crippen LogP contribution is 2.49. The van der Waals surface area contributed by atoms with Gasteiger partial charge in [-0.3, -0.25) is 0 Å². The number of nitriles is 1. The maximum atomic E-state index is 8.78. The number of nitrogens with two attached hydrogens (primary N) is 1. The maximum Gasteiger partial charge on any atom is 0.161 e. The van der Waals surface area contributed by atoms with Crippen LogP contribution in [0.2, 0.25) is 0 Å². The summed E-state index contributed by atoms with van der Waals surface area (Å²) in [5, 5.41) is 8.78. The third-order valence-corrected chi connectivity index (χ3v) is 3.41. The van der Waals surface area contributed by atoms with E-state index in [-0.39, 0.29) is 5.41 Å². The number of hydrogen-bond donors (Lipinski definition) is 1. The van der Waals surface area contributed by atoms with Gasteiger partial charge in [0, 0.05) is 18.4 Å². The van der Waals surface area contributed by atoms with Gasteiger partial charge in [-0.25, -0.2) is 0 Å². The van der Waals surface area contributed by atoms with E-state index in [0.29, 0.717) is 31.1 Å². The van der Waals surface area contributed by atoms with Crippen LogP contribution in [0, 0.1) is 16.7 Å². The molecule has 2 rings (SSSR count). The summed E-state index contributed by atoms with van der Waals surface area (Å²) in [6.45, 7) is 1.05. The highest BCUT2D eigenvalue weighted by Gasteiger charge is 2.43. The lowest BCUT2D eigenvalue weighted by Crippen LogP contribution is -2.13. The highest BCUT2D eigenvalue weighted by molar-refractivity contribution is 5.43. The Hall–Kier alpha value is -1.73. The Morgan fingerprint density at radius 3 is 2.72 bits per heavy atom. The van der Waals surface area contributed by atoms with Crippen molar-refractivity contribution in [2.45, 2.75) is 25.8 Å². The Bertz CT molecular complexity index is 461. The molecule has 4 heteroatoms. The van der Waals surface area contributed by atoms with Crippen LogP contribution in [0.3, 0.4) is 0 Å². The highest BCUT2D eigenvalue weighted by atomic mass is 16.5. The van der Waals surface area contributed by atoms with Gasteiger partial charge in [0.25, 0.3) is 0 Å². The van der Waals surface area contributed by atoms with E-state index >= 15 is 0 Å². The topological polar surface area (TPSA) is 68.3 Å². The van der Waals surface area contributed by atoms with Crippen molar-refractivity contribution in [1.29, 1.82) is 5.26 Å². The second-order valence-electron chi connectivity index (χ2n) is 4.81. The zero-order valence-corrected chi connectivity index (χ0v) is 10.6. The number of hydrogen-bond acceptors (Lipinski definition) is 4. The fourth-order valence-corrected chi connectivity index (χ4v) is 1.91. The molecule has 1 fully saturated rings. The van der Waals surface area contributed by atoms with Gasteiger partial charge in [0.05, 0.1) is 19.8 Å². The van der Waals surface area contributed by atoms with Crippen molar-refractivity contribution in [3.8, 4) is 17.6 Å². The summed E-state index contributed by atoms with van der Waals surface area (Å²) >= 11 is 0. The predicted molar refractivity (Wildman–Crippen MR) is 68.3 cm³/mol. The Morgan fingerprint density at radius 2 is 2.17 bits per heavy atom. The number of methoxy groups -OCH3 is 1. The smallest absolute Gasteiger partial charge is 0.161 e. The molecule has 1 aromatic carbocycles. The normalized spacial score (nSPS) is 15.8. The van der Waals surface area contributed by atoms with Crippen LogP contribution in [0.15, 0.2) is 18.2 Å². The van der Waals surface area contributed by atoms with Gasteiger partial charge in [-0.05, 0) is 30.5 Å². The van der Waals surface area contributed by atoms with E-state index < -0.39 is 0 Å². The fourth-order valence-electron chi connectivity index (χ4n) is 1.91. The van der Waals surface area contributed by atoms with Crippen molar-refractivity contribution in [3.63, 3.8) is 0 Å². The molecule has 1 aromatic rings. The summed E-state index contributed by atoms with van der Waals surface area (Å²) in [6, 6.07) is 7.92. The van der Waals surface area contributed by atoms with E-state index in [1.54, 1.807) is 7.11 Å². The molecule has 0 spiro atoms. The number of rotatable bonds is 6. The SMILES string of the molecule is COc1ccc(CN)cc1OCC1(CC#N)CC1. The summed E-state index contributed by atoms with van der Waals surface area (Å²) in [7, 11) is 1.62. The number of nitrogens with zero attached hydrogens (tertiary/aromatic N) is 1. The standard InChI is InChI=1S/C14H18N2O2/c1-17-12-3-2-11(9-16)8-13(12)18-10-14(4-5-14)6-7-15/h2-3,8H,4-6,9-10,16H2,1H3. The molecule has 0 amide bonds. The third kappa shape index (κ3) is 2.74. The van der Waals surface area contributed by atoms with E-state index in [1.165, 1.54) is 0 Å². The molecule has 0 heterocycles. The van der Waals surface area contributed by atoms with E-state index in [4.69, 9.17) is 20.5 Å². The van der Waals surface area contributed by atoms with Gasteiger partial charge in [0.2, 0.25) is 0 Å². The van der Waals surface area contributed by atoms with Crippen LogP contribution in [-0.2, 0) is 6.54 Å². The summed E-state index contributed by atoms with van der Waals surface area (Å²) < 4.78 is 11.1. The first-order valence-electron chi connectivity index (χ1n) is 6.10. The lowest BCUT2D eigenvalue weighted by molar-refractivity contribution is 0.227. The molecule has 0 saturated heterocycles. The zero-order chi connectivity index (χ0) is 13.0. The predicted octanol–water partition coefficient (Wildman–Crippen LogP) is 2.23. The van der Waals surface area contributed by atoms with Gasteiger partial charge in [0.15, 0.2) is 11.5 Å². The minimum atomic E-state index is 0.0679. The molecule has 1 aliphatic carbocycles. The first-order valence-corrected chi connectivity index (χ1v) is 6.10. The lowest BCUT2D eigenvalue weighted by Gasteiger charge is -2.15. The summed E-state index contributed by atoms with van der Waals surface area (Å²) in [5.74, 6) is 1.42. The molecule has 96 valence electrons. The molecule has 0 aromatic heterocycles. The van der Waals surface area contributed by atoms with Gasteiger partial charge >= 0.3 is 0 Å². The molecule has 4 nitrogen and oxygen atoms in total. The van der Waals surface area contributed by atoms with Crippen LogP contribution in [0.1, 0.15) is 24.8 Å². The van der Waals surface area contributed by atoms with Crippen LogP contribution in [0.5, 0.6) is 11.5 Å². The zero-order valence-electron chi connectivity index (χ0n) is 10.6. The number of ether oxygens (including phenoxy) is 2. The van der Waals surface area contributed by atoms with Crippen molar-refractivity contribution >= 4 is 0 Å². The largest absolute Gasteiger partial charge is 0.493 e. The van der Waals surface area contributed by atoms with Gasteiger partial charge in [-0.2, -0.15) is 5.26 Å². The average Bonchev–Trinajstić information content (AvgIpc) is 3.16. The summed E-state index contributed by atoms with van der Waals surface area (Å²) in [4.78, 5) is 0. The second-order valence-corrected chi connectivity index (χ2v) is 4.81. The molecule has 0 atom stereocenters. The molecular weight excluding hydrogens is 228 g/mol. The lowest BCUT2D eigenvalue weighted by atomic mass is 10.1. The van der Waals surface area contributed by atoms with E-state index in [0.717, 1.165) is 18.4 Å². The molecule has 0 unspecified atom stereocenters. The molecular formula is C14H18N2O2. The first-order chi connectivity index (χ1) is 8.73. The van der Waals surface area contributed by atoms with Crippen LogP contribution in [0.25, 0.3) is 0 Å². The van der Waals surface area contributed by atoms with E-state index in [2.05, 4.69) is 6.07 Å². The van der Waals surface area contributed by atoms with Crippen molar-refractivity contribution in [2.75, 3.05) is 13.7 Å². The summed E-state index contributed by atoms with van der Waals surface area (Å²) in [6.07, 6.45) is 2.70. The van der Waals surface area contributed by atoms with E-state index in [9.17, 15) is 0 Å². The maximum absolute atomic E-state index is 8.78. The van der Waals surface area contributed by atoms with Crippen LogP contribution >= 0.6 is 0 Å². The van der Waals surface area contributed by atoms with Crippen molar-refractivity contribution in [1.82, 2.24) is 0 Å². The number of benzene rings is 1. The fraction of sp³-hybridized carbons (Fsp3) is 0.500. The molecule has 2 N–H and O–H groups in total.